The molecule has 0 aliphatic carbocycles. The SMILES string of the molecule is CC(=O)N1CCCCC2(N=C(N)N(C)O2)c2cc(-c3cccc(C#N)c3)ccc2OC1. The van der Waals surface area contributed by atoms with Crippen LogP contribution in [0.1, 0.15) is 37.3 Å². The Kier molecular flexibility index (Phi) is 5.53. The lowest BCUT2D eigenvalue weighted by molar-refractivity contribution is -0.178. The fourth-order valence-electron chi connectivity index (χ4n) is 3.93. The maximum Gasteiger partial charge on any atom is 0.222 e. The van der Waals surface area contributed by atoms with Crippen molar-refractivity contribution >= 4 is 11.9 Å². The lowest BCUT2D eigenvalue weighted by Crippen LogP contribution is -2.36. The summed E-state index contributed by atoms with van der Waals surface area (Å²) in [6.07, 6.45) is 2.18. The van der Waals surface area contributed by atoms with Crippen LogP contribution in [0.25, 0.3) is 11.1 Å². The first kappa shape index (κ1) is 20.7. The molecule has 4 rings (SSSR count). The lowest BCUT2D eigenvalue weighted by atomic mass is 9.92. The lowest BCUT2D eigenvalue weighted by Gasteiger charge is -2.31. The number of hydrogen-bond acceptors (Lipinski definition) is 7. The van der Waals surface area contributed by atoms with Crippen molar-refractivity contribution in [1.82, 2.24) is 9.96 Å². The van der Waals surface area contributed by atoms with Gasteiger partial charge in [-0.3, -0.25) is 4.79 Å². The minimum absolute atomic E-state index is 0.0270. The number of amides is 1. The maximum absolute atomic E-state index is 12.0. The topological polar surface area (TPSA) is 104 Å². The van der Waals surface area contributed by atoms with Crippen LogP contribution >= 0.6 is 0 Å². The second-order valence-electron chi connectivity index (χ2n) is 7.76. The molecular weight excluding hydrogens is 394 g/mol. The van der Waals surface area contributed by atoms with Crippen LogP contribution in [0.15, 0.2) is 47.5 Å². The van der Waals surface area contributed by atoms with E-state index in [1.54, 1.807) is 24.9 Å². The second-order valence-corrected chi connectivity index (χ2v) is 7.76. The largest absolute Gasteiger partial charge is 0.473 e. The number of carbonyl (C=O) groups excluding carboxylic acids is 1. The van der Waals surface area contributed by atoms with Gasteiger partial charge >= 0.3 is 0 Å². The number of carbonyl (C=O) groups is 1. The van der Waals surface area contributed by atoms with Crippen LogP contribution in [-0.4, -0.2) is 42.2 Å². The summed E-state index contributed by atoms with van der Waals surface area (Å²) in [6, 6.07) is 15.4. The molecule has 0 radical (unpaired) electrons. The Bertz CT molecular complexity index is 1080. The number of nitriles is 1. The van der Waals surface area contributed by atoms with Crippen LogP contribution in [0.5, 0.6) is 5.75 Å². The molecule has 0 bridgehead atoms. The number of fused-ring (bicyclic) bond motifs is 2. The molecular formula is C23H25N5O3. The molecule has 2 aliphatic heterocycles. The average Bonchev–Trinajstić information content (AvgIpc) is 3.07. The molecule has 0 saturated heterocycles. The number of ether oxygens (including phenoxy) is 1. The van der Waals surface area contributed by atoms with E-state index >= 15 is 0 Å². The van der Waals surface area contributed by atoms with Gasteiger partial charge in [-0.2, -0.15) is 5.26 Å². The van der Waals surface area contributed by atoms with Crippen molar-refractivity contribution in [3.63, 3.8) is 0 Å². The zero-order valence-electron chi connectivity index (χ0n) is 17.7. The molecule has 2 aromatic carbocycles. The zero-order chi connectivity index (χ0) is 22.0. The summed E-state index contributed by atoms with van der Waals surface area (Å²) in [5.41, 5.74) is 8.20. The Balaban J connectivity index is 1.83. The Labute approximate surface area is 181 Å². The first-order valence-corrected chi connectivity index (χ1v) is 10.2. The van der Waals surface area contributed by atoms with Gasteiger partial charge in [-0.05, 0) is 48.2 Å². The summed E-state index contributed by atoms with van der Waals surface area (Å²) in [5.74, 6) is 0.853. The second kappa shape index (κ2) is 8.28. The molecule has 1 amide bonds. The van der Waals surface area contributed by atoms with E-state index < -0.39 is 5.72 Å². The average molecular weight is 419 g/mol. The van der Waals surface area contributed by atoms with Crippen LogP contribution < -0.4 is 10.5 Å². The number of rotatable bonds is 1. The molecule has 160 valence electrons. The normalized spacial score (nSPS) is 21.1. The van der Waals surface area contributed by atoms with Gasteiger partial charge in [-0.25, -0.2) is 14.9 Å². The summed E-state index contributed by atoms with van der Waals surface area (Å²) in [5, 5.41) is 10.7. The molecule has 1 atom stereocenters. The number of nitrogens with two attached hydrogens (primary N) is 1. The minimum atomic E-state index is -1.00. The molecule has 0 aromatic heterocycles. The number of hydroxylamine groups is 2. The molecule has 8 heteroatoms. The third kappa shape index (κ3) is 4.05. The number of guanidine groups is 1. The van der Waals surface area contributed by atoms with Crippen molar-refractivity contribution in [3.8, 4) is 22.9 Å². The van der Waals surface area contributed by atoms with Crippen LogP contribution in [-0.2, 0) is 15.4 Å². The highest BCUT2D eigenvalue weighted by Gasteiger charge is 2.43. The van der Waals surface area contributed by atoms with E-state index in [1.165, 1.54) is 5.06 Å². The first-order valence-electron chi connectivity index (χ1n) is 10.2. The van der Waals surface area contributed by atoms with Gasteiger partial charge in [0.15, 0.2) is 6.73 Å². The van der Waals surface area contributed by atoms with Crippen molar-refractivity contribution in [3.05, 3.63) is 53.6 Å². The molecule has 0 saturated carbocycles. The van der Waals surface area contributed by atoms with Crippen molar-refractivity contribution in [1.29, 1.82) is 5.26 Å². The highest BCUT2D eigenvalue weighted by atomic mass is 16.7. The number of aliphatic imine (C=N–C) groups is 1. The summed E-state index contributed by atoms with van der Waals surface area (Å²) < 4.78 is 6.08. The van der Waals surface area contributed by atoms with E-state index in [-0.39, 0.29) is 12.6 Å². The van der Waals surface area contributed by atoms with Gasteiger partial charge < -0.3 is 15.4 Å². The van der Waals surface area contributed by atoms with E-state index in [4.69, 9.17) is 15.3 Å². The molecule has 2 heterocycles. The molecule has 1 spiro atoms. The van der Waals surface area contributed by atoms with Gasteiger partial charge in [0, 0.05) is 26.9 Å². The van der Waals surface area contributed by atoms with Crippen LogP contribution in [0.3, 0.4) is 0 Å². The minimum Gasteiger partial charge on any atom is -0.473 e. The molecule has 0 fully saturated rings. The van der Waals surface area contributed by atoms with Gasteiger partial charge in [0.25, 0.3) is 0 Å². The Morgan fingerprint density at radius 3 is 2.74 bits per heavy atom. The van der Waals surface area contributed by atoms with E-state index in [0.29, 0.717) is 30.2 Å². The third-order valence-electron chi connectivity index (χ3n) is 5.65. The standard InChI is InChI=1S/C23H25N5O3/c1-16(29)28-11-4-3-10-23(26-22(25)27(2)31-23)20-13-19(8-9-21(20)30-15-28)18-7-5-6-17(12-18)14-24/h5-9,12-13H,3-4,10-11,15H2,1-2H3,(H2,25,26). The molecule has 2 N–H and O–H groups in total. The Morgan fingerprint density at radius 1 is 1.23 bits per heavy atom. The van der Waals surface area contributed by atoms with E-state index in [2.05, 4.69) is 11.1 Å². The maximum atomic E-state index is 12.0. The fourth-order valence-corrected chi connectivity index (χ4v) is 3.93. The van der Waals surface area contributed by atoms with E-state index in [0.717, 1.165) is 29.5 Å². The van der Waals surface area contributed by atoms with E-state index in [1.807, 2.05) is 36.4 Å². The predicted molar refractivity (Wildman–Crippen MR) is 115 cm³/mol. The zero-order valence-corrected chi connectivity index (χ0v) is 17.7. The summed E-state index contributed by atoms with van der Waals surface area (Å²) >= 11 is 0. The smallest absolute Gasteiger partial charge is 0.222 e. The van der Waals surface area contributed by atoms with Crippen molar-refractivity contribution in [2.24, 2.45) is 10.7 Å². The number of benzene rings is 2. The summed E-state index contributed by atoms with van der Waals surface area (Å²) in [4.78, 5) is 24.5. The molecule has 31 heavy (non-hydrogen) atoms. The molecule has 8 nitrogen and oxygen atoms in total. The predicted octanol–water partition coefficient (Wildman–Crippen LogP) is 2.94. The summed E-state index contributed by atoms with van der Waals surface area (Å²) in [7, 11) is 1.73. The van der Waals surface area contributed by atoms with Crippen molar-refractivity contribution < 1.29 is 14.4 Å². The van der Waals surface area contributed by atoms with Crippen LogP contribution in [0.4, 0.5) is 0 Å². The molecule has 2 aromatic rings. The Morgan fingerprint density at radius 2 is 2.03 bits per heavy atom. The van der Waals surface area contributed by atoms with Gasteiger partial charge in [0.05, 0.1) is 17.2 Å². The van der Waals surface area contributed by atoms with Gasteiger partial charge in [0.2, 0.25) is 17.6 Å². The highest BCUT2D eigenvalue weighted by Crippen LogP contribution is 2.44. The van der Waals surface area contributed by atoms with Crippen molar-refractivity contribution in [2.45, 2.75) is 31.9 Å². The van der Waals surface area contributed by atoms with Gasteiger partial charge in [-0.1, -0.05) is 18.2 Å². The summed E-state index contributed by atoms with van der Waals surface area (Å²) in [6.45, 7) is 2.30. The van der Waals surface area contributed by atoms with E-state index in [9.17, 15) is 10.1 Å². The van der Waals surface area contributed by atoms with Crippen LogP contribution in [0, 0.1) is 11.3 Å². The third-order valence-corrected chi connectivity index (χ3v) is 5.65. The van der Waals surface area contributed by atoms with Crippen molar-refractivity contribution in [2.75, 3.05) is 20.3 Å². The first-order chi connectivity index (χ1) is 14.9. The number of hydrogen-bond donors (Lipinski definition) is 1. The molecule has 2 aliphatic rings. The highest BCUT2D eigenvalue weighted by molar-refractivity contribution is 5.79. The molecule has 1 unspecified atom stereocenters. The van der Waals surface area contributed by atoms with Crippen LogP contribution in [0.2, 0.25) is 0 Å². The monoisotopic (exact) mass is 419 g/mol. The van der Waals surface area contributed by atoms with Gasteiger partial charge in [-0.15, -0.1) is 0 Å². The van der Waals surface area contributed by atoms with Gasteiger partial charge in [0.1, 0.15) is 5.75 Å². The fraction of sp³-hybridized carbons (Fsp3) is 0.348. The quantitative estimate of drug-likeness (QED) is 0.762. The Hall–Kier alpha value is -3.57. The number of nitrogens with zero attached hydrogens (tertiary/aromatic N) is 4.